The molecule has 3 rings (SSSR count). The second kappa shape index (κ2) is 9.30. The van der Waals surface area contributed by atoms with Gasteiger partial charge in [-0.1, -0.05) is 49.7 Å². The number of thioether (sulfide) groups is 1. The molecule has 0 aliphatic carbocycles. The first-order chi connectivity index (χ1) is 13.5. The second-order valence-corrected chi connectivity index (χ2v) is 8.21. The Morgan fingerprint density at radius 2 is 2.00 bits per heavy atom. The molecule has 0 unspecified atom stereocenters. The van der Waals surface area contributed by atoms with E-state index in [9.17, 15) is 4.79 Å². The van der Waals surface area contributed by atoms with Gasteiger partial charge in [0, 0.05) is 17.1 Å². The van der Waals surface area contributed by atoms with Crippen LogP contribution < -0.4 is 4.74 Å². The Hall–Kier alpha value is -2.24. The zero-order valence-corrected chi connectivity index (χ0v) is 17.8. The van der Waals surface area contributed by atoms with Crippen molar-refractivity contribution >= 4 is 46.2 Å². The highest BCUT2D eigenvalue weighted by Gasteiger charge is 2.33. The maximum Gasteiger partial charge on any atom is 0.266 e. The maximum atomic E-state index is 13.1. The Labute approximate surface area is 175 Å². The molecule has 0 radical (unpaired) electrons. The molecule has 1 amide bonds. The van der Waals surface area contributed by atoms with Gasteiger partial charge < -0.3 is 4.74 Å². The van der Waals surface area contributed by atoms with Gasteiger partial charge in [0.1, 0.15) is 5.75 Å². The second-order valence-electron chi connectivity index (χ2n) is 6.77. The quantitative estimate of drug-likeness (QED) is 0.544. The first-order valence-corrected chi connectivity index (χ1v) is 10.4. The molecule has 28 heavy (non-hydrogen) atoms. The van der Waals surface area contributed by atoms with E-state index in [1.807, 2.05) is 49.4 Å². The summed E-state index contributed by atoms with van der Waals surface area (Å²) in [6.45, 7) is 7.29. The van der Waals surface area contributed by atoms with Gasteiger partial charge in [-0.3, -0.25) is 9.69 Å². The molecule has 1 heterocycles. The van der Waals surface area contributed by atoms with Gasteiger partial charge in [-0.05, 0) is 54.9 Å². The Morgan fingerprint density at radius 1 is 1.21 bits per heavy atom. The van der Waals surface area contributed by atoms with Crippen molar-refractivity contribution in [2.75, 3.05) is 13.2 Å². The number of hydrogen-bond acceptors (Lipinski definition) is 4. The zero-order chi connectivity index (χ0) is 20.1. The van der Waals surface area contributed by atoms with Crippen LogP contribution in [0.15, 0.2) is 58.4 Å². The van der Waals surface area contributed by atoms with Crippen molar-refractivity contribution in [3.05, 3.63) is 64.0 Å². The fourth-order valence-corrected chi connectivity index (χ4v) is 3.98. The number of carbonyl (C=O) groups excluding carboxylic acids is 1. The third kappa shape index (κ3) is 4.97. The average Bonchev–Trinajstić information content (AvgIpc) is 2.92. The topological polar surface area (TPSA) is 41.9 Å². The molecule has 2 aromatic carbocycles. The van der Waals surface area contributed by atoms with Crippen LogP contribution in [-0.2, 0) is 4.79 Å². The fourth-order valence-electron chi connectivity index (χ4n) is 2.80. The number of ether oxygens (including phenoxy) is 1. The van der Waals surface area contributed by atoms with Gasteiger partial charge in [0.15, 0.2) is 5.17 Å². The molecule has 146 valence electrons. The van der Waals surface area contributed by atoms with E-state index in [-0.39, 0.29) is 5.91 Å². The number of halogens is 1. The largest absolute Gasteiger partial charge is 0.493 e. The first kappa shape index (κ1) is 20.5. The summed E-state index contributed by atoms with van der Waals surface area (Å²) >= 11 is 7.46. The van der Waals surface area contributed by atoms with Crippen LogP contribution in [-0.4, -0.2) is 29.1 Å². The lowest BCUT2D eigenvalue weighted by atomic mass is 10.1. The van der Waals surface area contributed by atoms with Crippen LogP contribution in [0.5, 0.6) is 5.75 Å². The van der Waals surface area contributed by atoms with Gasteiger partial charge in [-0.2, -0.15) is 0 Å². The van der Waals surface area contributed by atoms with Gasteiger partial charge >= 0.3 is 0 Å². The number of carbonyl (C=O) groups is 1. The average molecular weight is 415 g/mol. The Kier molecular flexibility index (Phi) is 6.81. The summed E-state index contributed by atoms with van der Waals surface area (Å²) < 4.78 is 5.69. The molecule has 0 atom stereocenters. The standard InChI is InChI=1S/C22H23ClN2O2S/c1-4-27-19-11-6-5-8-16(19)12-20-21(26)25(14-15(2)3)22(28-20)24-18-10-7-9-17(23)13-18/h5-13,15H,4,14H2,1-3H3/b20-12+,24-22?. The van der Waals surface area contributed by atoms with E-state index in [1.165, 1.54) is 11.8 Å². The summed E-state index contributed by atoms with van der Waals surface area (Å²) in [4.78, 5) is 20.1. The molecular formula is C22H23ClN2O2S. The summed E-state index contributed by atoms with van der Waals surface area (Å²) in [6.07, 6.45) is 1.88. The molecule has 1 fully saturated rings. The summed E-state index contributed by atoms with van der Waals surface area (Å²) in [5.74, 6) is 1.05. The number of rotatable bonds is 6. The van der Waals surface area contributed by atoms with Crippen LogP contribution in [0.25, 0.3) is 6.08 Å². The van der Waals surface area contributed by atoms with E-state index in [1.54, 1.807) is 17.0 Å². The number of aliphatic imine (C=N–C) groups is 1. The summed E-state index contributed by atoms with van der Waals surface area (Å²) in [5.41, 5.74) is 1.61. The molecule has 0 aromatic heterocycles. The van der Waals surface area contributed by atoms with Crippen molar-refractivity contribution in [2.45, 2.75) is 20.8 Å². The van der Waals surface area contributed by atoms with Crippen molar-refractivity contribution in [1.82, 2.24) is 4.90 Å². The van der Waals surface area contributed by atoms with Crippen molar-refractivity contribution < 1.29 is 9.53 Å². The summed E-state index contributed by atoms with van der Waals surface area (Å²) in [6, 6.07) is 15.0. The number of nitrogens with zero attached hydrogens (tertiary/aromatic N) is 2. The molecule has 0 spiro atoms. The molecule has 1 aliphatic rings. The lowest BCUT2D eigenvalue weighted by Crippen LogP contribution is -2.32. The lowest BCUT2D eigenvalue weighted by molar-refractivity contribution is -0.122. The Bertz CT molecular complexity index is 924. The van der Waals surface area contributed by atoms with Crippen molar-refractivity contribution in [3.8, 4) is 5.75 Å². The van der Waals surface area contributed by atoms with Crippen LogP contribution in [0.3, 0.4) is 0 Å². The number of para-hydroxylation sites is 1. The van der Waals surface area contributed by atoms with E-state index >= 15 is 0 Å². The van der Waals surface area contributed by atoms with Gasteiger partial charge in [-0.25, -0.2) is 4.99 Å². The smallest absolute Gasteiger partial charge is 0.266 e. The minimum Gasteiger partial charge on any atom is -0.493 e. The SMILES string of the molecule is CCOc1ccccc1/C=C1/SC(=Nc2cccc(Cl)c2)N(CC(C)C)C1=O. The normalized spacial score (nSPS) is 17.2. The molecule has 4 nitrogen and oxygen atoms in total. The predicted octanol–water partition coefficient (Wildman–Crippen LogP) is 6.00. The molecule has 6 heteroatoms. The minimum absolute atomic E-state index is 0.0363. The van der Waals surface area contributed by atoms with Gasteiger partial charge in [0.05, 0.1) is 17.2 Å². The third-order valence-corrected chi connectivity index (χ3v) is 5.22. The monoisotopic (exact) mass is 414 g/mol. The maximum absolute atomic E-state index is 13.1. The van der Waals surface area contributed by atoms with Crippen molar-refractivity contribution in [3.63, 3.8) is 0 Å². The van der Waals surface area contributed by atoms with Gasteiger partial charge in [-0.15, -0.1) is 0 Å². The molecule has 1 saturated heterocycles. The highest BCUT2D eigenvalue weighted by Crippen LogP contribution is 2.36. The van der Waals surface area contributed by atoms with Crippen LogP contribution in [0.2, 0.25) is 5.02 Å². The van der Waals surface area contributed by atoms with Crippen LogP contribution in [0.4, 0.5) is 5.69 Å². The van der Waals surface area contributed by atoms with E-state index in [4.69, 9.17) is 16.3 Å². The van der Waals surface area contributed by atoms with Crippen LogP contribution in [0, 0.1) is 5.92 Å². The molecule has 0 saturated carbocycles. The first-order valence-electron chi connectivity index (χ1n) is 9.25. The number of amides is 1. The molecule has 0 bridgehead atoms. The predicted molar refractivity (Wildman–Crippen MR) is 118 cm³/mol. The third-order valence-electron chi connectivity index (χ3n) is 3.97. The van der Waals surface area contributed by atoms with Gasteiger partial charge in [0.2, 0.25) is 0 Å². The highest BCUT2D eigenvalue weighted by atomic mass is 35.5. The molecular weight excluding hydrogens is 392 g/mol. The number of hydrogen-bond donors (Lipinski definition) is 0. The zero-order valence-electron chi connectivity index (χ0n) is 16.2. The van der Waals surface area contributed by atoms with E-state index in [0.717, 1.165) is 17.0 Å². The summed E-state index contributed by atoms with van der Waals surface area (Å²) in [7, 11) is 0. The van der Waals surface area contributed by atoms with E-state index in [0.29, 0.717) is 34.2 Å². The Balaban J connectivity index is 1.98. The van der Waals surface area contributed by atoms with Crippen molar-refractivity contribution in [1.29, 1.82) is 0 Å². The fraction of sp³-hybridized carbons (Fsp3) is 0.273. The summed E-state index contributed by atoms with van der Waals surface area (Å²) in [5, 5.41) is 1.29. The molecule has 2 aromatic rings. The van der Waals surface area contributed by atoms with Crippen LogP contribution >= 0.6 is 23.4 Å². The van der Waals surface area contributed by atoms with E-state index in [2.05, 4.69) is 18.8 Å². The lowest BCUT2D eigenvalue weighted by Gasteiger charge is -2.17. The molecule has 1 aliphatic heterocycles. The number of benzene rings is 2. The van der Waals surface area contributed by atoms with Crippen molar-refractivity contribution in [2.24, 2.45) is 10.9 Å². The van der Waals surface area contributed by atoms with Crippen LogP contribution in [0.1, 0.15) is 26.3 Å². The number of amidine groups is 1. The van der Waals surface area contributed by atoms with E-state index < -0.39 is 0 Å². The Morgan fingerprint density at radius 3 is 2.71 bits per heavy atom. The highest BCUT2D eigenvalue weighted by molar-refractivity contribution is 8.18. The molecule has 0 N–H and O–H groups in total. The minimum atomic E-state index is -0.0363. The van der Waals surface area contributed by atoms with Gasteiger partial charge in [0.25, 0.3) is 5.91 Å².